The molecular formula is C18H22N2O. The average molecular weight is 282 g/mol. The number of nitrogens with zero attached hydrogens (tertiary/aromatic N) is 1. The molecule has 0 atom stereocenters. The first kappa shape index (κ1) is 15.3. The zero-order valence-corrected chi connectivity index (χ0v) is 12.7. The summed E-state index contributed by atoms with van der Waals surface area (Å²) in [5.41, 5.74) is 9.77. The first-order chi connectivity index (χ1) is 10.1. The molecule has 0 aliphatic carbocycles. The van der Waals surface area contributed by atoms with Crippen molar-refractivity contribution in [2.75, 3.05) is 13.6 Å². The van der Waals surface area contributed by atoms with Gasteiger partial charge in [-0.15, -0.1) is 0 Å². The van der Waals surface area contributed by atoms with Gasteiger partial charge in [0.2, 0.25) is 0 Å². The molecule has 0 fully saturated rings. The molecule has 0 aromatic heterocycles. The fourth-order valence-electron chi connectivity index (χ4n) is 2.36. The number of rotatable bonds is 5. The lowest BCUT2D eigenvalue weighted by Gasteiger charge is -2.19. The first-order valence-corrected chi connectivity index (χ1v) is 7.21. The Morgan fingerprint density at radius 2 is 1.90 bits per heavy atom. The third-order valence-electron chi connectivity index (χ3n) is 3.62. The molecule has 0 spiro atoms. The van der Waals surface area contributed by atoms with Crippen LogP contribution in [0.3, 0.4) is 0 Å². The molecule has 1 amide bonds. The Balaban J connectivity index is 2.12. The maximum Gasteiger partial charge on any atom is 0.253 e. The Morgan fingerprint density at radius 1 is 1.14 bits per heavy atom. The predicted octanol–water partition coefficient (Wildman–Crippen LogP) is 2.77. The minimum atomic E-state index is 0.0390. The van der Waals surface area contributed by atoms with Gasteiger partial charge in [-0.3, -0.25) is 4.79 Å². The van der Waals surface area contributed by atoms with E-state index in [1.54, 1.807) is 4.90 Å². The standard InChI is InChI=1S/C18H22N2O/c1-14-6-3-4-8-17(14)13-20(2)18(21)16-9-5-7-15(12-16)10-11-19/h3-9,12H,10-11,13,19H2,1-2H3. The summed E-state index contributed by atoms with van der Waals surface area (Å²) in [6.07, 6.45) is 0.794. The van der Waals surface area contributed by atoms with E-state index in [4.69, 9.17) is 5.73 Å². The van der Waals surface area contributed by atoms with E-state index in [9.17, 15) is 4.79 Å². The number of hydrogen-bond acceptors (Lipinski definition) is 2. The van der Waals surface area contributed by atoms with Crippen LogP contribution >= 0.6 is 0 Å². The predicted molar refractivity (Wildman–Crippen MR) is 86.2 cm³/mol. The number of benzene rings is 2. The van der Waals surface area contributed by atoms with Crippen LogP contribution in [0.1, 0.15) is 27.0 Å². The molecule has 3 nitrogen and oxygen atoms in total. The van der Waals surface area contributed by atoms with Crippen LogP contribution in [0.4, 0.5) is 0 Å². The summed E-state index contributed by atoms with van der Waals surface area (Å²) in [6, 6.07) is 15.9. The lowest BCUT2D eigenvalue weighted by atomic mass is 10.1. The van der Waals surface area contributed by atoms with Crippen molar-refractivity contribution in [3.63, 3.8) is 0 Å². The van der Waals surface area contributed by atoms with E-state index in [2.05, 4.69) is 19.1 Å². The number of hydrogen-bond donors (Lipinski definition) is 1. The van der Waals surface area contributed by atoms with Crippen LogP contribution in [0.25, 0.3) is 0 Å². The normalized spacial score (nSPS) is 10.4. The van der Waals surface area contributed by atoms with Gasteiger partial charge in [-0.25, -0.2) is 0 Å². The summed E-state index contributed by atoms with van der Waals surface area (Å²) in [5.74, 6) is 0.0390. The van der Waals surface area contributed by atoms with Crippen LogP contribution in [-0.4, -0.2) is 24.4 Å². The Labute approximate surface area is 126 Å². The van der Waals surface area contributed by atoms with Gasteiger partial charge in [0, 0.05) is 19.2 Å². The number of aryl methyl sites for hydroxylation is 1. The van der Waals surface area contributed by atoms with E-state index in [-0.39, 0.29) is 5.91 Å². The molecule has 110 valence electrons. The van der Waals surface area contributed by atoms with Crippen LogP contribution in [0.15, 0.2) is 48.5 Å². The van der Waals surface area contributed by atoms with Gasteiger partial charge < -0.3 is 10.6 Å². The van der Waals surface area contributed by atoms with Gasteiger partial charge in [0.15, 0.2) is 0 Å². The monoisotopic (exact) mass is 282 g/mol. The molecule has 0 aliphatic heterocycles. The highest BCUT2D eigenvalue weighted by molar-refractivity contribution is 5.94. The maximum atomic E-state index is 12.5. The second-order valence-electron chi connectivity index (χ2n) is 5.33. The summed E-state index contributed by atoms with van der Waals surface area (Å²) in [5, 5.41) is 0. The molecule has 2 aromatic rings. The van der Waals surface area contributed by atoms with Gasteiger partial charge in [-0.2, -0.15) is 0 Å². The van der Waals surface area contributed by atoms with Crippen LogP contribution in [0.2, 0.25) is 0 Å². The van der Waals surface area contributed by atoms with Crippen molar-refractivity contribution >= 4 is 5.91 Å². The quantitative estimate of drug-likeness (QED) is 0.916. The summed E-state index contributed by atoms with van der Waals surface area (Å²) >= 11 is 0. The van der Waals surface area contributed by atoms with E-state index in [0.29, 0.717) is 13.1 Å². The number of carbonyl (C=O) groups excluding carboxylic acids is 1. The van der Waals surface area contributed by atoms with Crippen molar-refractivity contribution < 1.29 is 4.79 Å². The number of amides is 1. The molecule has 0 radical (unpaired) electrons. The lowest BCUT2D eigenvalue weighted by Crippen LogP contribution is -2.26. The Bertz CT molecular complexity index is 622. The fourth-order valence-corrected chi connectivity index (χ4v) is 2.36. The minimum absolute atomic E-state index is 0.0390. The van der Waals surface area contributed by atoms with Gasteiger partial charge in [0.1, 0.15) is 0 Å². The van der Waals surface area contributed by atoms with Gasteiger partial charge in [0.25, 0.3) is 5.91 Å². The van der Waals surface area contributed by atoms with Crippen molar-refractivity contribution in [3.05, 3.63) is 70.8 Å². The van der Waals surface area contributed by atoms with E-state index < -0.39 is 0 Å². The van der Waals surface area contributed by atoms with E-state index in [1.807, 2.05) is 43.4 Å². The van der Waals surface area contributed by atoms with Gasteiger partial charge in [-0.05, 0) is 48.7 Å². The molecule has 0 saturated carbocycles. The van der Waals surface area contributed by atoms with Gasteiger partial charge >= 0.3 is 0 Å². The topological polar surface area (TPSA) is 46.3 Å². The second-order valence-corrected chi connectivity index (χ2v) is 5.33. The molecule has 21 heavy (non-hydrogen) atoms. The van der Waals surface area contributed by atoms with E-state index in [1.165, 1.54) is 11.1 Å². The molecule has 0 bridgehead atoms. The minimum Gasteiger partial charge on any atom is -0.337 e. The summed E-state index contributed by atoms with van der Waals surface area (Å²) in [6.45, 7) is 3.28. The van der Waals surface area contributed by atoms with Crippen molar-refractivity contribution in [2.24, 2.45) is 5.73 Å². The summed E-state index contributed by atoms with van der Waals surface area (Å²) in [7, 11) is 1.84. The molecule has 3 heteroatoms. The van der Waals surface area contributed by atoms with Crippen LogP contribution in [0, 0.1) is 6.92 Å². The highest BCUT2D eigenvalue weighted by Crippen LogP contribution is 2.13. The Kier molecular flexibility index (Phi) is 5.12. The smallest absolute Gasteiger partial charge is 0.253 e. The van der Waals surface area contributed by atoms with Gasteiger partial charge in [-0.1, -0.05) is 36.4 Å². The van der Waals surface area contributed by atoms with Crippen molar-refractivity contribution in [1.82, 2.24) is 4.90 Å². The fraction of sp³-hybridized carbons (Fsp3) is 0.278. The van der Waals surface area contributed by atoms with E-state index >= 15 is 0 Å². The zero-order valence-electron chi connectivity index (χ0n) is 12.7. The Hall–Kier alpha value is -2.13. The van der Waals surface area contributed by atoms with Crippen molar-refractivity contribution in [3.8, 4) is 0 Å². The lowest BCUT2D eigenvalue weighted by molar-refractivity contribution is 0.0785. The largest absolute Gasteiger partial charge is 0.337 e. The van der Waals surface area contributed by atoms with Crippen LogP contribution in [-0.2, 0) is 13.0 Å². The number of carbonyl (C=O) groups is 1. The molecule has 0 unspecified atom stereocenters. The zero-order chi connectivity index (χ0) is 15.2. The summed E-state index contributed by atoms with van der Waals surface area (Å²) < 4.78 is 0. The van der Waals surface area contributed by atoms with Gasteiger partial charge in [0.05, 0.1) is 0 Å². The average Bonchev–Trinajstić information content (AvgIpc) is 2.49. The first-order valence-electron chi connectivity index (χ1n) is 7.21. The maximum absolute atomic E-state index is 12.5. The molecule has 2 aromatic carbocycles. The summed E-state index contributed by atoms with van der Waals surface area (Å²) in [4.78, 5) is 14.3. The third-order valence-corrected chi connectivity index (χ3v) is 3.62. The van der Waals surface area contributed by atoms with Crippen molar-refractivity contribution in [2.45, 2.75) is 19.9 Å². The molecule has 0 saturated heterocycles. The highest BCUT2D eigenvalue weighted by Gasteiger charge is 2.13. The second kappa shape index (κ2) is 7.04. The third kappa shape index (κ3) is 3.92. The molecule has 2 N–H and O–H groups in total. The number of nitrogens with two attached hydrogens (primary N) is 1. The van der Waals surface area contributed by atoms with Crippen LogP contribution < -0.4 is 5.73 Å². The highest BCUT2D eigenvalue weighted by atomic mass is 16.2. The molecule has 0 aliphatic rings. The molecule has 0 heterocycles. The molecular weight excluding hydrogens is 260 g/mol. The van der Waals surface area contributed by atoms with Crippen LogP contribution in [0.5, 0.6) is 0 Å². The van der Waals surface area contributed by atoms with Crippen molar-refractivity contribution in [1.29, 1.82) is 0 Å². The van der Waals surface area contributed by atoms with E-state index in [0.717, 1.165) is 17.5 Å². The SMILES string of the molecule is Cc1ccccc1CN(C)C(=O)c1cccc(CCN)c1. The molecule has 2 rings (SSSR count). The Morgan fingerprint density at radius 3 is 2.62 bits per heavy atom.